The molecular formula is C21H21FN2O7S. The van der Waals surface area contributed by atoms with Crippen molar-refractivity contribution in [3.05, 3.63) is 59.4 Å². The third-order valence-corrected chi connectivity index (χ3v) is 6.53. The fraction of sp³-hybridized carbons (Fsp3) is 0.286. The van der Waals surface area contributed by atoms with E-state index in [0.717, 1.165) is 6.07 Å². The standard InChI is InChI=1S/C21H21FN2O7S/c1-14(25)23-16-4-7-18(19(22)12-16)20(26)13-31-21(27)15-2-5-17(6-3-15)32(28,29)24-8-10-30-11-9-24/h2-7,12H,8-11,13H2,1H3,(H,23,25). The van der Waals surface area contributed by atoms with Crippen LogP contribution in [0.2, 0.25) is 0 Å². The summed E-state index contributed by atoms with van der Waals surface area (Å²) in [7, 11) is -3.70. The largest absolute Gasteiger partial charge is 0.454 e. The van der Waals surface area contributed by atoms with Gasteiger partial charge >= 0.3 is 5.97 Å². The predicted molar refractivity (Wildman–Crippen MR) is 111 cm³/mol. The zero-order valence-electron chi connectivity index (χ0n) is 17.2. The van der Waals surface area contributed by atoms with E-state index in [1.54, 1.807) is 0 Å². The van der Waals surface area contributed by atoms with Gasteiger partial charge in [-0.1, -0.05) is 0 Å². The molecule has 0 aromatic heterocycles. The number of carbonyl (C=O) groups is 3. The second-order valence-corrected chi connectivity index (χ2v) is 8.85. The van der Waals surface area contributed by atoms with Gasteiger partial charge in [-0.3, -0.25) is 9.59 Å². The maximum atomic E-state index is 14.1. The molecule has 0 aliphatic carbocycles. The Kier molecular flexibility index (Phi) is 7.33. The smallest absolute Gasteiger partial charge is 0.338 e. The highest BCUT2D eigenvalue weighted by Crippen LogP contribution is 2.19. The number of anilines is 1. The van der Waals surface area contributed by atoms with E-state index in [1.807, 2.05) is 0 Å². The molecule has 1 fully saturated rings. The molecule has 0 bridgehead atoms. The van der Waals surface area contributed by atoms with E-state index in [2.05, 4.69) is 5.32 Å². The first kappa shape index (κ1) is 23.5. The van der Waals surface area contributed by atoms with E-state index in [9.17, 15) is 27.2 Å². The van der Waals surface area contributed by atoms with Gasteiger partial charge in [0.15, 0.2) is 6.61 Å². The number of amides is 1. The molecule has 0 atom stereocenters. The number of hydrogen-bond donors (Lipinski definition) is 1. The van der Waals surface area contributed by atoms with Crippen molar-refractivity contribution >= 4 is 33.4 Å². The molecule has 1 aliphatic heterocycles. The van der Waals surface area contributed by atoms with Crippen LogP contribution in [0, 0.1) is 5.82 Å². The molecule has 3 rings (SSSR count). The first-order valence-corrected chi connectivity index (χ1v) is 11.1. The summed E-state index contributed by atoms with van der Waals surface area (Å²) in [6, 6.07) is 8.65. The van der Waals surface area contributed by atoms with Crippen molar-refractivity contribution in [2.75, 3.05) is 38.2 Å². The van der Waals surface area contributed by atoms with Crippen LogP contribution in [0.1, 0.15) is 27.6 Å². The van der Waals surface area contributed by atoms with Crippen molar-refractivity contribution in [2.45, 2.75) is 11.8 Å². The highest BCUT2D eigenvalue weighted by atomic mass is 32.2. The van der Waals surface area contributed by atoms with Gasteiger partial charge < -0.3 is 14.8 Å². The first-order valence-electron chi connectivity index (χ1n) is 9.64. The van der Waals surface area contributed by atoms with Crippen LogP contribution in [0.25, 0.3) is 0 Å². The van der Waals surface area contributed by atoms with Crippen LogP contribution in [0.3, 0.4) is 0 Å². The summed E-state index contributed by atoms with van der Waals surface area (Å²) < 4.78 is 50.7. The molecule has 0 spiro atoms. The monoisotopic (exact) mass is 464 g/mol. The summed E-state index contributed by atoms with van der Waals surface area (Å²) >= 11 is 0. The number of nitrogens with one attached hydrogen (secondary N) is 1. The van der Waals surface area contributed by atoms with Gasteiger partial charge in [0.2, 0.25) is 21.7 Å². The van der Waals surface area contributed by atoms with Gasteiger partial charge in [-0.25, -0.2) is 17.6 Å². The maximum Gasteiger partial charge on any atom is 0.338 e. The number of sulfonamides is 1. The third-order valence-electron chi connectivity index (χ3n) is 4.62. The molecule has 0 radical (unpaired) electrons. The lowest BCUT2D eigenvalue weighted by molar-refractivity contribution is -0.114. The van der Waals surface area contributed by atoms with Gasteiger partial charge in [-0.2, -0.15) is 4.31 Å². The maximum absolute atomic E-state index is 14.1. The van der Waals surface area contributed by atoms with Crippen LogP contribution in [0.15, 0.2) is 47.4 Å². The first-order chi connectivity index (χ1) is 15.2. The SMILES string of the molecule is CC(=O)Nc1ccc(C(=O)COC(=O)c2ccc(S(=O)(=O)N3CCOCC3)cc2)c(F)c1. The van der Waals surface area contributed by atoms with Crippen molar-refractivity contribution in [3.63, 3.8) is 0 Å². The van der Waals surface area contributed by atoms with Crippen LogP contribution in [0.4, 0.5) is 10.1 Å². The Morgan fingerprint density at radius 1 is 1.09 bits per heavy atom. The summed E-state index contributed by atoms with van der Waals surface area (Å²) in [5, 5.41) is 2.39. The van der Waals surface area contributed by atoms with E-state index < -0.39 is 34.2 Å². The molecule has 0 unspecified atom stereocenters. The lowest BCUT2D eigenvalue weighted by atomic mass is 10.1. The number of hydrogen-bond acceptors (Lipinski definition) is 7. The second-order valence-electron chi connectivity index (χ2n) is 6.92. The Morgan fingerprint density at radius 3 is 2.34 bits per heavy atom. The molecule has 1 N–H and O–H groups in total. The highest BCUT2D eigenvalue weighted by Gasteiger charge is 2.26. The molecule has 0 saturated carbocycles. The third kappa shape index (κ3) is 5.55. The molecule has 1 aliphatic rings. The lowest BCUT2D eigenvalue weighted by Crippen LogP contribution is -2.40. The zero-order chi connectivity index (χ0) is 23.3. The molecule has 2 aromatic rings. The molecular weight excluding hydrogens is 443 g/mol. The molecule has 1 amide bonds. The number of esters is 1. The molecule has 2 aromatic carbocycles. The summed E-state index contributed by atoms with van der Waals surface area (Å²) in [6.07, 6.45) is 0. The predicted octanol–water partition coefficient (Wildman–Crippen LogP) is 1.84. The van der Waals surface area contributed by atoms with E-state index in [-0.39, 0.29) is 40.7 Å². The van der Waals surface area contributed by atoms with Gasteiger partial charge in [-0.15, -0.1) is 0 Å². The van der Waals surface area contributed by atoms with E-state index in [1.165, 1.54) is 47.6 Å². The number of ketones is 1. The Hall–Kier alpha value is -3.15. The van der Waals surface area contributed by atoms with Crippen LogP contribution >= 0.6 is 0 Å². The van der Waals surface area contributed by atoms with Crippen molar-refractivity contribution in [1.82, 2.24) is 4.31 Å². The molecule has 32 heavy (non-hydrogen) atoms. The van der Waals surface area contributed by atoms with Crippen molar-refractivity contribution < 1.29 is 36.7 Å². The van der Waals surface area contributed by atoms with Crippen LogP contribution in [0.5, 0.6) is 0 Å². The summed E-state index contributed by atoms with van der Waals surface area (Å²) in [4.78, 5) is 35.4. The van der Waals surface area contributed by atoms with E-state index in [0.29, 0.717) is 13.2 Å². The van der Waals surface area contributed by atoms with Crippen molar-refractivity contribution in [3.8, 4) is 0 Å². The molecule has 170 valence electrons. The minimum absolute atomic E-state index is 0.0216. The number of carbonyl (C=O) groups excluding carboxylic acids is 3. The van der Waals surface area contributed by atoms with Gasteiger partial charge in [0.1, 0.15) is 5.82 Å². The number of Topliss-reactive ketones (excluding diaryl/α,β-unsaturated/α-hetero) is 1. The van der Waals surface area contributed by atoms with Gasteiger partial charge in [-0.05, 0) is 42.5 Å². The Bertz CT molecular complexity index is 1130. The Balaban J connectivity index is 1.61. The quantitative estimate of drug-likeness (QED) is 0.491. The summed E-state index contributed by atoms with van der Waals surface area (Å²) in [5.74, 6) is -2.88. The summed E-state index contributed by atoms with van der Waals surface area (Å²) in [6.45, 7) is 1.68. The van der Waals surface area contributed by atoms with Crippen LogP contribution in [-0.4, -0.2) is 63.3 Å². The Morgan fingerprint density at radius 2 is 1.75 bits per heavy atom. The van der Waals surface area contributed by atoms with Gasteiger partial charge in [0.05, 0.1) is 29.2 Å². The molecule has 1 heterocycles. The number of ether oxygens (including phenoxy) is 2. The molecule has 9 nitrogen and oxygen atoms in total. The second kappa shape index (κ2) is 9.98. The fourth-order valence-corrected chi connectivity index (χ4v) is 4.42. The molecule has 1 saturated heterocycles. The van der Waals surface area contributed by atoms with E-state index >= 15 is 0 Å². The molecule has 11 heteroatoms. The number of benzene rings is 2. The normalized spacial score (nSPS) is 14.6. The average Bonchev–Trinajstić information content (AvgIpc) is 2.77. The zero-order valence-corrected chi connectivity index (χ0v) is 18.0. The Labute approximate surface area is 184 Å². The van der Waals surface area contributed by atoms with E-state index in [4.69, 9.17) is 9.47 Å². The van der Waals surface area contributed by atoms with Crippen LogP contribution in [-0.2, 0) is 24.3 Å². The fourth-order valence-electron chi connectivity index (χ4n) is 3.01. The highest BCUT2D eigenvalue weighted by molar-refractivity contribution is 7.89. The lowest BCUT2D eigenvalue weighted by Gasteiger charge is -2.26. The topological polar surface area (TPSA) is 119 Å². The number of rotatable bonds is 7. The summed E-state index contributed by atoms with van der Waals surface area (Å²) in [5.41, 5.74) is -0.0604. The van der Waals surface area contributed by atoms with Gasteiger partial charge in [0, 0.05) is 25.7 Å². The van der Waals surface area contributed by atoms with Crippen molar-refractivity contribution in [1.29, 1.82) is 0 Å². The van der Waals surface area contributed by atoms with Gasteiger partial charge in [0.25, 0.3) is 0 Å². The number of morpholine rings is 1. The number of halogens is 1. The number of nitrogens with zero attached hydrogens (tertiary/aromatic N) is 1. The minimum atomic E-state index is -3.70. The van der Waals surface area contributed by atoms with Crippen LogP contribution < -0.4 is 5.32 Å². The minimum Gasteiger partial charge on any atom is -0.454 e. The average molecular weight is 464 g/mol. The van der Waals surface area contributed by atoms with Crippen molar-refractivity contribution in [2.24, 2.45) is 0 Å².